The topological polar surface area (TPSA) is 98.3 Å². The molecule has 0 atom stereocenters. The van der Waals surface area contributed by atoms with Gasteiger partial charge in [0, 0.05) is 0 Å². The summed E-state index contributed by atoms with van der Waals surface area (Å²) in [5, 5.41) is 25.4. The molecule has 2 rings (SSSR count). The van der Waals surface area contributed by atoms with E-state index >= 15 is 0 Å². The lowest BCUT2D eigenvalue weighted by Gasteiger charge is -1.99. The van der Waals surface area contributed by atoms with Gasteiger partial charge in [0.25, 0.3) is 0 Å². The molecule has 0 saturated carbocycles. The molecule has 0 aliphatic carbocycles. The van der Waals surface area contributed by atoms with Crippen LogP contribution in [0.5, 0.6) is 0 Å². The van der Waals surface area contributed by atoms with Crippen molar-refractivity contribution in [2.75, 3.05) is 5.73 Å². The Labute approximate surface area is 110 Å². The molecule has 2 aromatic carbocycles. The maximum atomic E-state index is 8.72. The third-order valence-electron chi connectivity index (χ3n) is 2.43. The third-order valence-corrected chi connectivity index (χ3v) is 2.43. The molecule has 0 heterocycles. The quantitative estimate of drug-likeness (QED) is 0.650. The first kappa shape index (κ1) is 12.3. The summed E-state index contributed by atoms with van der Waals surface area (Å²) in [6.45, 7) is 0. The molecule has 5 heteroatoms. The van der Waals surface area contributed by atoms with Crippen LogP contribution < -0.4 is 5.73 Å². The Balaban J connectivity index is 2.23. The van der Waals surface area contributed by atoms with Crippen molar-refractivity contribution in [3.63, 3.8) is 0 Å². The lowest BCUT2D eigenvalue weighted by Crippen LogP contribution is -1.86. The molecule has 0 aromatic heterocycles. The van der Waals surface area contributed by atoms with Crippen LogP contribution in [0.2, 0.25) is 0 Å². The number of nitrogens with zero attached hydrogens (tertiary/aromatic N) is 4. The van der Waals surface area contributed by atoms with Gasteiger partial charge in [0.15, 0.2) is 0 Å². The number of azo groups is 1. The van der Waals surface area contributed by atoms with Crippen LogP contribution in [0.1, 0.15) is 11.1 Å². The summed E-state index contributed by atoms with van der Waals surface area (Å²) >= 11 is 0. The van der Waals surface area contributed by atoms with Crippen molar-refractivity contribution in [1.82, 2.24) is 0 Å². The molecule has 0 saturated heterocycles. The van der Waals surface area contributed by atoms with Crippen LogP contribution in [-0.2, 0) is 0 Å². The first-order chi connectivity index (χ1) is 9.22. The van der Waals surface area contributed by atoms with Crippen molar-refractivity contribution in [3.8, 4) is 12.1 Å². The van der Waals surface area contributed by atoms with Gasteiger partial charge in [-0.2, -0.15) is 15.6 Å². The molecule has 0 radical (unpaired) electrons. The Hall–Kier alpha value is -3.18. The summed E-state index contributed by atoms with van der Waals surface area (Å²) in [5.74, 6) is 0. The van der Waals surface area contributed by atoms with Crippen LogP contribution in [-0.4, -0.2) is 0 Å². The van der Waals surface area contributed by atoms with E-state index in [1.165, 1.54) is 0 Å². The number of hydrogen-bond acceptors (Lipinski definition) is 5. The fraction of sp³-hybridized carbons (Fsp3) is 0. The summed E-state index contributed by atoms with van der Waals surface area (Å²) in [5.41, 5.74) is 8.34. The third kappa shape index (κ3) is 2.93. The SMILES string of the molecule is N#Cc1ccc(N=Nc2ccc(C#N)cc2N)cc1. The zero-order chi connectivity index (χ0) is 13.7. The highest BCUT2D eigenvalue weighted by molar-refractivity contribution is 5.64. The molecular formula is C14H9N5. The average Bonchev–Trinajstić information content (AvgIpc) is 2.46. The van der Waals surface area contributed by atoms with E-state index in [0.29, 0.717) is 28.2 Å². The molecule has 0 aliphatic heterocycles. The summed E-state index contributed by atoms with van der Waals surface area (Å²) in [4.78, 5) is 0. The second-order valence-electron chi connectivity index (χ2n) is 3.74. The predicted molar refractivity (Wildman–Crippen MR) is 70.9 cm³/mol. The zero-order valence-corrected chi connectivity index (χ0v) is 9.91. The van der Waals surface area contributed by atoms with E-state index in [9.17, 15) is 0 Å². The zero-order valence-electron chi connectivity index (χ0n) is 9.91. The van der Waals surface area contributed by atoms with Crippen molar-refractivity contribution in [2.24, 2.45) is 10.2 Å². The van der Waals surface area contributed by atoms with E-state index in [4.69, 9.17) is 16.3 Å². The number of nitrogens with two attached hydrogens (primary N) is 1. The molecule has 0 unspecified atom stereocenters. The summed E-state index contributed by atoms with van der Waals surface area (Å²) in [6.07, 6.45) is 0. The van der Waals surface area contributed by atoms with Crippen LogP contribution in [0.4, 0.5) is 17.1 Å². The van der Waals surface area contributed by atoms with Gasteiger partial charge in [-0.3, -0.25) is 0 Å². The minimum atomic E-state index is 0.399. The van der Waals surface area contributed by atoms with Crippen molar-refractivity contribution in [2.45, 2.75) is 0 Å². The number of hydrogen-bond donors (Lipinski definition) is 1. The number of benzene rings is 2. The van der Waals surface area contributed by atoms with Crippen molar-refractivity contribution in [3.05, 3.63) is 53.6 Å². The minimum Gasteiger partial charge on any atom is -0.397 e. The fourth-order valence-corrected chi connectivity index (χ4v) is 1.43. The maximum absolute atomic E-state index is 8.72. The molecule has 5 nitrogen and oxygen atoms in total. The highest BCUT2D eigenvalue weighted by atomic mass is 15.1. The lowest BCUT2D eigenvalue weighted by molar-refractivity contribution is 1.23. The summed E-state index contributed by atoms with van der Waals surface area (Å²) in [6, 6.07) is 15.6. The van der Waals surface area contributed by atoms with Gasteiger partial charge < -0.3 is 5.73 Å². The van der Waals surface area contributed by atoms with E-state index < -0.39 is 0 Å². The Bertz CT molecular complexity index is 702. The predicted octanol–water partition coefficient (Wildman–Crippen LogP) is 3.43. The molecule has 2 N–H and O–H groups in total. The largest absolute Gasteiger partial charge is 0.397 e. The maximum Gasteiger partial charge on any atom is 0.109 e. The number of nitrogen functional groups attached to an aromatic ring is 1. The monoisotopic (exact) mass is 247 g/mol. The molecular weight excluding hydrogens is 238 g/mol. The van der Waals surface area contributed by atoms with E-state index in [2.05, 4.69) is 10.2 Å². The van der Waals surface area contributed by atoms with Crippen molar-refractivity contribution >= 4 is 17.1 Å². The first-order valence-electron chi connectivity index (χ1n) is 5.44. The second-order valence-corrected chi connectivity index (χ2v) is 3.74. The van der Waals surface area contributed by atoms with Crippen LogP contribution >= 0.6 is 0 Å². The van der Waals surface area contributed by atoms with Crippen molar-refractivity contribution in [1.29, 1.82) is 10.5 Å². The fourth-order valence-electron chi connectivity index (χ4n) is 1.43. The van der Waals surface area contributed by atoms with Gasteiger partial charge in [-0.25, -0.2) is 0 Å². The van der Waals surface area contributed by atoms with Crippen LogP contribution in [0, 0.1) is 22.7 Å². The minimum absolute atomic E-state index is 0.399. The number of anilines is 1. The Kier molecular flexibility index (Phi) is 3.51. The van der Waals surface area contributed by atoms with Gasteiger partial charge in [0.05, 0.1) is 34.6 Å². The number of rotatable bonds is 2. The van der Waals surface area contributed by atoms with Gasteiger partial charge in [0.2, 0.25) is 0 Å². The van der Waals surface area contributed by atoms with Crippen LogP contribution in [0.25, 0.3) is 0 Å². The van der Waals surface area contributed by atoms with E-state index in [-0.39, 0.29) is 0 Å². The smallest absolute Gasteiger partial charge is 0.109 e. The van der Waals surface area contributed by atoms with Gasteiger partial charge in [0.1, 0.15) is 5.69 Å². The van der Waals surface area contributed by atoms with E-state index in [0.717, 1.165) is 0 Å². The first-order valence-corrected chi connectivity index (χ1v) is 5.44. The second kappa shape index (κ2) is 5.44. The molecule has 0 fully saturated rings. The summed E-state index contributed by atoms with van der Waals surface area (Å²) < 4.78 is 0. The molecule has 0 spiro atoms. The standard InChI is InChI=1S/C14H9N5/c15-8-10-1-4-12(5-2-10)18-19-14-6-3-11(9-16)7-13(14)17/h1-7H,17H2. The molecule has 0 bridgehead atoms. The Morgan fingerprint density at radius 2 is 1.47 bits per heavy atom. The number of nitriles is 2. The lowest BCUT2D eigenvalue weighted by atomic mass is 10.2. The highest BCUT2D eigenvalue weighted by Gasteiger charge is 1.99. The molecule has 0 aliphatic rings. The van der Waals surface area contributed by atoms with Gasteiger partial charge >= 0.3 is 0 Å². The van der Waals surface area contributed by atoms with Crippen molar-refractivity contribution < 1.29 is 0 Å². The molecule has 0 amide bonds. The molecule has 90 valence electrons. The Morgan fingerprint density at radius 3 is 2.05 bits per heavy atom. The average molecular weight is 247 g/mol. The Morgan fingerprint density at radius 1 is 0.842 bits per heavy atom. The van der Waals surface area contributed by atoms with Crippen LogP contribution in [0.15, 0.2) is 52.7 Å². The summed E-state index contributed by atoms with van der Waals surface area (Å²) in [7, 11) is 0. The molecule has 19 heavy (non-hydrogen) atoms. The van der Waals surface area contributed by atoms with E-state index in [1.54, 1.807) is 42.5 Å². The highest BCUT2D eigenvalue weighted by Crippen LogP contribution is 2.25. The normalized spacial score (nSPS) is 10.0. The van der Waals surface area contributed by atoms with Gasteiger partial charge in [-0.1, -0.05) is 0 Å². The van der Waals surface area contributed by atoms with Gasteiger partial charge in [-0.15, -0.1) is 5.11 Å². The van der Waals surface area contributed by atoms with E-state index in [1.807, 2.05) is 12.1 Å². The van der Waals surface area contributed by atoms with Gasteiger partial charge in [-0.05, 0) is 42.5 Å². The molecule has 2 aromatic rings. The van der Waals surface area contributed by atoms with Crippen LogP contribution in [0.3, 0.4) is 0 Å².